The Balaban J connectivity index is 1.74. The molecule has 5 nitrogen and oxygen atoms in total. The molecule has 1 aromatic rings. The van der Waals surface area contributed by atoms with Gasteiger partial charge in [-0.1, -0.05) is 0 Å². The third-order valence-corrected chi connectivity index (χ3v) is 3.82. The molecule has 3 rings (SSSR count). The minimum absolute atomic E-state index is 0.183. The van der Waals surface area contributed by atoms with Gasteiger partial charge in [0.05, 0.1) is 17.8 Å². The summed E-state index contributed by atoms with van der Waals surface area (Å²) < 4.78 is 12.7. The average molecular weight is 237 g/mol. The third kappa shape index (κ3) is 1.55. The number of halogens is 1. The second kappa shape index (κ2) is 3.38. The average Bonchev–Trinajstić information content (AvgIpc) is 3.04. The molecule has 2 heterocycles. The molecular formula is C11H12FN3O2. The van der Waals surface area contributed by atoms with Crippen LogP contribution in [0.5, 0.6) is 0 Å². The highest BCUT2D eigenvalue weighted by Gasteiger charge is 2.62. The Morgan fingerprint density at radius 3 is 2.82 bits per heavy atom. The van der Waals surface area contributed by atoms with Crippen molar-refractivity contribution in [2.24, 2.45) is 11.3 Å². The summed E-state index contributed by atoms with van der Waals surface area (Å²) >= 11 is 0. The highest BCUT2D eigenvalue weighted by Crippen LogP contribution is 2.58. The lowest BCUT2D eigenvalue weighted by atomic mass is 9.96. The number of anilines is 1. The Morgan fingerprint density at radius 2 is 2.24 bits per heavy atom. The molecule has 1 N–H and O–H groups in total. The molecule has 6 heteroatoms. The van der Waals surface area contributed by atoms with E-state index in [1.54, 1.807) is 0 Å². The first-order valence-corrected chi connectivity index (χ1v) is 5.58. The Kier molecular flexibility index (Phi) is 2.08. The molecule has 2 aliphatic rings. The summed E-state index contributed by atoms with van der Waals surface area (Å²) in [5, 5.41) is 9.13. The summed E-state index contributed by atoms with van der Waals surface area (Å²) in [5.41, 5.74) is -0.503. The van der Waals surface area contributed by atoms with Crippen LogP contribution in [0.15, 0.2) is 12.4 Å². The zero-order chi connectivity index (χ0) is 12.0. The second-order valence-corrected chi connectivity index (χ2v) is 4.76. The lowest BCUT2D eigenvalue weighted by Crippen LogP contribution is -2.38. The summed E-state index contributed by atoms with van der Waals surface area (Å²) in [7, 11) is 0. The van der Waals surface area contributed by atoms with Gasteiger partial charge in [0.2, 0.25) is 5.95 Å². The first-order valence-electron chi connectivity index (χ1n) is 5.58. The van der Waals surface area contributed by atoms with Crippen LogP contribution in [0, 0.1) is 17.2 Å². The molecule has 1 aromatic heterocycles. The van der Waals surface area contributed by atoms with Crippen molar-refractivity contribution in [1.82, 2.24) is 9.97 Å². The Morgan fingerprint density at radius 1 is 1.53 bits per heavy atom. The molecule has 2 atom stereocenters. The van der Waals surface area contributed by atoms with Gasteiger partial charge in [-0.05, 0) is 18.8 Å². The maximum atomic E-state index is 12.7. The predicted molar refractivity (Wildman–Crippen MR) is 57.0 cm³/mol. The molecule has 0 spiro atoms. The molecule has 2 unspecified atom stereocenters. The van der Waals surface area contributed by atoms with Crippen LogP contribution in [0.4, 0.5) is 10.3 Å². The number of carboxylic acids is 1. The van der Waals surface area contributed by atoms with Crippen molar-refractivity contribution in [3.8, 4) is 0 Å². The number of fused-ring (bicyclic) bond motifs is 1. The smallest absolute Gasteiger partial charge is 0.310 e. The van der Waals surface area contributed by atoms with E-state index in [0.29, 0.717) is 25.5 Å². The van der Waals surface area contributed by atoms with E-state index >= 15 is 0 Å². The molecule has 0 amide bonds. The number of aliphatic carboxylic acids is 1. The van der Waals surface area contributed by atoms with Gasteiger partial charge in [-0.2, -0.15) is 0 Å². The quantitative estimate of drug-likeness (QED) is 0.828. The van der Waals surface area contributed by atoms with Crippen LogP contribution in [0.1, 0.15) is 12.8 Å². The summed E-state index contributed by atoms with van der Waals surface area (Å²) in [6, 6.07) is 0. The molecule has 90 valence electrons. The number of rotatable bonds is 2. The van der Waals surface area contributed by atoms with Crippen LogP contribution in [-0.2, 0) is 4.79 Å². The maximum absolute atomic E-state index is 12.7. The van der Waals surface area contributed by atoms with Gasteiger partial charge in [0.1, 0.15) is 0 Å². The van der Waals surface area contributed by atoms with Crippen molar-refractivity contribution < 1.29 is 14.3 Å². The van der Waals surface area contributed by atoms with Gasteiger partial charge in [-0.3, -0.25) is 4.79 Å². The van der Waals surface area contributed by atoms with Crippen molar-refractivity contribution in [1.29, 1.82) is 0 Å². The highest BCUT2D eigenvalue weighted by molar-refractivity contribution is 5.79. The Labute approximate surface area is 97.3 Å². The SMILES string of the molecule is O=C(O)C12CCN(c3ncc(F)cn3)CC1C2. The third-order valence-electron chi connectivity index (χ3n) is 3.82. The van der Waals surface area contributed by atoms with Crippen LogP contribution < -0.4 is 4.90 Å². The molecule has 1 aliphatic heterocycles. The van der Waals surface area contributed by atoms with Gasteiger partial charge < -0.3 is 10.0 Å². The lowest BCUT2D eigenvalue weighted by Gasteiger charge is -2.29. The van der Waals surface area contributed by atoms with Gasteiger partial charge in [0.25, 0.3) is 0 Å². The Bertz CT molecular complexity index is 464. The number of aromatic nitrogens is 2. The molecule has 1 saturated carbocycles. The first kappa shape index (κ1) is 10.4. The van der Waals surface area contributed by atoms with Crippen LogP contribution in [0.3, 0.4) is 0 Å². The summed E-state index contributed by atoms with van der Waals surface area (Å²) in [4.78, 5) is 20.9. The van der Waals surface area contributed by atoms with E-state index in [1.165, 1.54) is 0 Å². The van der Waals surface area contributed by atoms with Gasteiger partial charge in [-0.15, -0.1) is 0 Å². The molecule has 0 radical (unpaired) electrons. The minimum Gasteiger partial charge on any atom is -0.481 e. The predicted octanol–water partition coefficient (Wildman–Crippen LogP) is 0.917. The van der Waals surface area contributed by atoms with Gasteiger partial charge >= 0.3 is 5.97 Å². The molecule has 0 aromatic carbocycles. The normalized spacial score (nSPS) is 30.9. The largest absolute Gasteiger partial charge is 0.481 e. The fourth-order valence-electron chi connectivity index (χ4n) is 2.64. The van der Waals surface area contributed by atoms with Crippen molar-refractivity contribution >= 4 is 11.9 Å². The Hall–Kier alpha value is -1.72. The molecule has 1 aliphatic carbocycles. The molecule has 17 heavy (non-hydrogen) atoms. The number of piperidine rings is 1. The minimum atomic E-state index is -0.692. The topological polar surface area (TPSA) is 66.3 Å². The van der Waals surface area contributed by atoms with Crippen LogP contribution in [-0.4, -0.2) is 34.1 Å². The molecule has 0 bridgehead atoms. The summed E-state index contributed by atoms with van der Waals surface area (Å²) in [6.07, 6.45) is 3.62. The van der Waals surface area contributed by atoms with Crippen molar-refractivity contribution in [3.63, 3.8) is 0 Å². The van der Waals surface area contributed by atoms with Crippen molar-refractivity contribution in [2.75, 3.05) is 18.0 Å². The standard InChI is InChI=1S/C11H12FN3O2/c12-8-4-13-10(14-5-8)15-2-1-11(9(16)17)3-7(11)6-15/h4-5,7H,1-3,6H2,(H,16,17). The van der Waals surface area contributed by atoms with Gasteiger partial charge in [0.15, 0.2) is 5.82 Å². The number of hydrogen-bond donors (Lipinski definition) is 1. The zero-order valence-corrected chi connectivity index (χ0v) is 9.14. The monoisotopic (exact) mass is 237 g/mol. The van der Waals surface area contributed by atoms with E-state index in [4.69, 9.17) is 5.11 Å². The van der Waals surface area contributed by atoms with E-state index in [9.17, 15) is 9.18 Å². The van der Waals surface area contributed by atoms with E-state index in [-0.39, 0.29) is 5.92 Å². The zero-order valence-electron chi connectivity index (χ0n) is 9.14. The summed E-state index contributed by atoms with van der Waals surface area (Å²) in [6.45, 7) is 1.27. The van der Waals surface area contributed by atoms with Crippen LogP contribution >= 0.6 is 0 Å². The van der Waals surface area contributed by atoms with E-state index in [0.717, 1.165) is 18.8 Å². The second-order valence-electron chi connectivity index (χ2n) is 4.76. The van der Waals surface area contributed by atoms with Crippen LogP contribution in [0.2, 0.25) is 0 Å². The number of carboxylic acid groups (broad SMARTS) is 1. The fourth-order valence-corrected chi connectivity index (χ4v) is 2.64. The maximum Gasteiger partial charge on any atom is 0.310 e. The molecular weight excluding hydrogens is 225 g/mol. The molecule has 2 fully saturated rings. The van der Waals surface area contributed by atoms with E-state index in [1.807, 2.05) is 4.90 Å². The number of nitrogens with zero attached hydrogens (tertiary/aromatic N) is 3. The number of carbonyl (C=O) groups is 1. The van der Waals surface area contributed by atoms with E-state index < -0.39 is 17.2 Å². The lowest BCUT2D eigenvalue weighted by molar-refractivity contribution is -0.144. The van der Waals surface area contributed by atoms with Crippen LogP contribution in [0.25, 0.3) is 0 Å². The van der Waals surface area contributed by atoms with Crippen molar-refractivity contribution in [2.45, 2.75) is 12.8 Å². The molecule has 1 saturated heterocycles. The van der Waals surface area contributed by atoms with Crippen molar-refractivity contribution in [3.05, 3.63) is 18.2 Å². The fraction of sp³-hybridized carbons (Fsp3) is 0.545. The highest BCUT2D eigenvalue weighted by atomic mass is 19.1. The van der Waals surface area contributed by atoms with E-state index in [2.05, 4.69) is 9.97 Å². The van der Waals surface area contributed by atoms with Gasteiger partial charge in [0, 0.05) is 13.1 Å². The first-order chi connectivity index (χ1) is 8.12. The van der Waals surface area contributed by atoms with Gasteiger partial charge in [-0.25, -0.2) is 14.4 Å². The number of hydrogen-bond acceptors (Lipinski definition) is 4. The summed E-state index contributed by atoms with van der Waals surface area (Å²) in [5.74, 6) is -0.487.